The zero-order chi connectivity index (χ0) is 19.5. The zero-order valence-electron chi connectivity index (χ0n) is 16.1. The van der Waals surface area contributed by atoms with Crippen molar-refractivity contribution in [2.75, 3.05) is 13.1 Å². The first-order chi connectivity index (χ1) is 13.6. The van der Waals surface area contributed by atoms with E-state index in [1.807, 2.05) is 24.3 Å². The number of fused-ring (bicyclic) bond motifs is 1. The molecule has 2 aromatic carbocycles. The number of aromatic nitrogens is 3. The van der Waals surface area contributed by atoms with Crippen molar-refractivity contribution >= 4 is 17.0 Å². The van der Waals surface area contributed by atoms with Gasteiger partial charge in [-0.2, -0.15) is 0 Å². The van der Waals surface area contributed by atoms with Gasteiger partial charge in [-0.25, -0.2) is 4.79 Å². The molecule has 0 aliphatic carbocycles. The molecule has 7 nitrogen and oxygen atoms in total. The lowest BCUT2D eigenvalue weighted by Crippen LogP contribution is -2.41. The average molecular weight is 380 g/mol. The van der Waals surface area contributed by atoms with E-state index in [0.717, 1.165) is 30.8 Å². The first kappa shape index (κ1) is 18.4. The fourth-order valence-electron chi connectivity index (χ4n) is 3.44. The Balaban J connectivity index is 1.41. The van der Waals surface area contributed by atoms with Gasteiger partial charge in [0.05, 0.1) is 5.56 Å². The molecule has 28 heavy (non-hydrogen) atoms. The van der Waals surface area contributed by atoms with E-state index in [1.165, 1.54) is 0 Å². The van der Waals surface area contributed by atoms with Crippen molar-refractivity contribution in [3.05, 3.63) is 54.1 Å². The highest BCUT2D eigenvalue weighted by atomic mass is 16.7. The molecule has 146 valence electrons. The van der Waals surface area contributed by atoms with Crippen LogP contribution in [0.15, 0.2) is 48.5 Å². The molecule has 1 aromatic heterocycles. The molecule has 0 atom stereocenters. The van der Waals surface area contributed by atoms with E-state index in [9.17, 15) is 4.79 Å². The topological polar surface area (TPSA) is 69.5 Å². The van der Waals surface area contributed by atoms with Crippen molar-refractivity contribution in [1.29, 1.82) is 0 Å². The van der Waals surface area contributed by atoms with Gasteiger partial charge in [-0.1, -0.05) is 23.0 Å². The normalized spacial score (nSPS) is 15.8. The van der Waals surface area contributed by atoms with Gasteiger partial charge in [0.25, 0.3) is 0 Å². The molecule has 0 spiro atoms. The van der Waals surface area contributed by atoms with Gasteiger partial charge in [-0.05, 0) is 62.2 Å². The molecular formula is C21H24N4O3. The maximum Gasteiger partial charge on any atom is 0.365 e. The van der Waals surface area contributed by atoms with E-state index in [1.54, 1.807) is 24.3 Å². The first-order valence-electron chi connectivity index (χ1n) is 9.64. The standard InChI is InChI=1S/C21H24N4O3/c1-15(2)24-12-10-17(11-13-24)27-18-7-5-6-16(14-18)21(26)28-25-20-9-4-3-8-19(20)22-23-25/h3-9,14-15,17H,10-13H2,1-2H3. The minimum Gasteiger partial charge on any atom is -0.490 e. The molecule has 1 fully saturated rings. The van der Waals surface area contributed by atoms with Crippen LogP contribution in [-0.4, -0.2) is 51.3 Å². The third-order valence-corrected chi connectivity index (χ3v) is 5.07. The first-order valence-corrected chi connectivity index (χ1v) is 9.64. The van der Waals surface area contributed by atoms with Gasteiger partial charge in [0.15, 0.2) is 0 Å². The lowest BCUT2D eigenvalue weighted by atomic mass is 10.1. The second-order valence-electron chi connectivity index (χ2n) is 7.30. The van der Waals surface area contributed by atoms with Gasteiger partial charge in [-0.15, -0.1) is 5.10 Å². The number of ether oxygens (including phenoxy) is 1. The molecule has 7 heteroatoms. The van der Waals surface area contributed by atoms with Crippen LogP contribution < -0.4 is 9.57 Å². The minimum atomic E-state index is -0.504. The number of carbonyl (C=O) groups is 1. The SMILES string of the molecule is CC(C)N1CCC(Oc2cccc(C(=O)On3nnc4ccccc43)c2)CC1. The lowest BCUT2D eigenvalue weighted by Gasteiger charge is -2.34. The zero-order valence-corrected chi connectivity index (χ0v) is 16.1. The van der Waals surface area contributed by atoms with Crippen molar-refractivity contribution in [3.63, 3.8) is 0 Å². The summed E-state index contributed by atoms with van der Waals surface area (Å²) in [5.74, 6) is 0.177. The summed E-state index contributed by atoms with van der Waals surface area (Å²) in [6.07, 6.45) is 2.14. The number of hydrogen-bond acceptors (Lipinski definition) is 6. The fraction of sp³-hybridized carbons (Fsp3) is 0.381. The molecule has 1 saturated heterocycles. The number of likely N-dealkylation sites (tertiary alicyclic amines) is 1. The van der Waals surface area contributed by atoms with Gasteiger partial charge >= 0.3 is 5.97 Å². The number of nitrogens with zero attached hydrogens (tertiary/aromatic N) is 4. The van der Waals surface area contributed by atoms with Crippen molar-refractivity contribution in [3.8, 4) is 5.75 Å². The largest absolute Gasteiger partial charge is 0.490 e. The summed E-state index contributed by atoms with van der Waals surface area (Å²) in [4.78, 5) is 21.5. The number of rotatable bonds is 5. The van der Waals surface area contributed by atoms with Gasteiger partial charge in [-0.3, -0.25) is 0 Å². The van der Waals surface area contributed by atoms with E-state index in [-0.39, 0.29) is 6.10 Å². The number of carbonyl (C=O) groups excluding carboxylic acids is 1. The summed E-state index contributed by atoms with van der Waals surface area (Å²) in [6.45, 7) is 6.50. The number of para-hydroxylation sites is 1. The Morgan fingerprint density at radius 2 is 1.89 bits per heavy atom. The fourth-order valence-corrected chi connectivity index (χ4v) is 3.44. The Bertz CT molecular complexity index is 961. The number of benzene rings is 2. The third kappa shape index (κ3) is 3.99. The van der Waals surface area contributed by atoms with Crippen molar-refractivity contribution in [2.45, 2.75) is 38.8 Å². The Morgan fingerprint density at radius 3 is 2.68 bits per heavy atom. The summed E-state index contributed by atoms with van der Waals surface area (Å²) in [5.41, 5.74) is 1.72. The van der Waals surface area contributed by atoms with Crippen LogP contribution >= 0.6 is 0 Å². The smallest absolute Gasteiger partial charge is 0.365 e. The van der Waals surface area contributed by atoms with E-state index >= 15 is 0 Å². The minimum absolute atomic E-state index is 0.167. The van der Waals surface area contributed by atoms with Crippen LogP contribution in [0.1, 0.15) is 37.0 Å². The molecular weight excluding hydrogens is 356 g/mol. The van der Waals surface area contributed by atoms with E-state index < -0.39 is 5.97 Å². The lowest BCUT2D eigenvalue weighted by molar-refractivity contribution is 0.0407. The Labute approximate surface area is 163 Å². The van der Waals surface area contributed by atoms with Crippen molar-refractivity contribution in [1.82, 2.24) is 20.1 Å². The molecule has 0 unspecified atom stereocenters. The van der Waals surface area contributed by atoms with Crippen LogP contribution in [0.4, 0.5) is 0 Å². The summed E-state index contributed by atoms with van der Waals surface area (Å²) in [5, 5.41) is 7.87. The maximum atomic E-state index is 12.5. The van der Waals surface area contributed by atoms with Crippen LogP contribution in [0, 0.1) is 0 Å². The predicted molar refractivity (Wildman–Crippen MR) is 105 cm³/mol. The second-order valence-corrected chi connectivity index (χ2v) is 7.30. The van der Waals surface area contributed by atoms with Crippen LogP contribution in [-0.2, 0) is 0 Å². The number of hydrogen-bond donors (Lipinski definition) is 0. The quantitative estimate of drug-likeness (QED) is 0.634. The summed E-state index contributed by atoms with van der Waals surface area (Å²) in [7, 11) is 0. The average Bonchev–Trinajstić information content (AvgIpc) is 3.11. The molecule has 0 bridgehead atoms. The van der Waals surface area contributed by atoms with Crippen molar-refractivity contribution < 1.29 is 14.4 Å². The maximum absolute atomic E-state index is 12.5. The molecule has 2 heterocycles. The predicted octanol–water partition coefficient (Wildman–Crippen LogP) is 2.95. The molecule has 0 N–H and O–H groups in total. The van der Waals surface area contributed by atoms with Crippen LogP contribution in [0.25, 0.3) is 11.0 Å². The van der Waals surface area contributed by atoms with Gasteiger partial charge < -0.3 is 14.5 Å². The molecule has 1 aliphatic rings. The summed E-state index contributed by atoms with van der Waals surface area (Å²) < 4.78 is 6.11. The van der Waals surface area contributed by atoms with Crippen LogP contribution in [0.2, 0.25) is 0 Å². The highest BCUT2D eigenvalue weighted by Gasteiger charge is 2.22. The van der Waals surface area contributed by atoms with E-state index in [0.29, 0.717) is 28.4 Å². The second kappa shape index (κ2) is 7.98. The molecule has 1 aliphatic heterocycles. The van der Waals surface area contributed by atoms with Crippen LogP contribution in [0.5, 0.6) is 5.75 Å². The molecule has 0 radical (unpaired) electrons. The molecule has 3 aromatic rings. The van der Waals surface area contributed by atoms with Crippen molar-refractivity contribution in [2.24, 2.45) is 0 Å². The molecule has 0 saturated carbocycles. The van der Waals surface area contributed by atoms with E-state index in [2.05, 4.69) is 29.1 Å². The Kier molecular flexibility index (Phi) is 5.25. The highest BCUT2D eigenvalue weighted by molar-refractivity contribution is 5.90. The molecule has 0 amide bonds. The Hall–Kier alpha value is -2.93. The van der Waals surface area contributed by atoms with Gasteiger partial charge in [0, 0.05) is 19.1 Å². The van der Waals surface area contributed by atoms with Gasteiger partial charge in [0.2, 0.25) is 0 Å². The molecule has 4 rings (SSSR count). The number of piperidine rings is 1. The highest BCUT2D eigenvalue weighted by Crippen LogP contribution is 2.21. The van der Waals surface area contributed by atoms with E-state index in [4.69, 9.17) is 9.57 Å². The van der Waals surface area contributed by atoms with Gasteiger partial charge in [0.1, 0.15) is 22.9 Å². The summed E-state index contributed by atoms with van der Waals surface area (Å²) in [6, 6.07) is 15.0. The van der Waals surface area contributed by atoms with Crippen LogP contribution in [0.3, 0.4) is 0 Å². The summed E-state index contributed by atoms with van der Waals surface area (Å²) >= 11 is 0. The monoisotopic (exact) mass is 380 g/mol. The third-order valence-electron chi connectivity index (χ3n) is 5.07. The Morgan fingerprint density at radius 1 is 1.11 bits per heavy atom.